The number of nitrogens with one attached hydrogen (secondary N) is 2. The van der Waals surface area contributed by atoms with E-state index < -0.39 is 18.0 Å². The molecule has 0 saturated heterocycles. The second-order valence-corrected chi connectivity index (χ2v) is 10.8. The summed E-state index contributed by atoms with van der Waals surface area (Å²) in [6, 6.07) is 21.9. The molecule has 2 aliphatic carbocycles. The molecular formula is C33H36N2O6. The maximum Gasteiger partial charge on any atom is 0.343 e. The highest BCUT2D eigenvalue weighted by Crippen LogP contribution is 2.39. The molecule has 2 unspecified atom stereocenters. The SMILES string of the molecule is O=C(Oc1ccccc1NC(Cc1ccc(OCCCNC(C(=O)C2CC2)C2CC2)cc1)C(=O)O)c1ccccc1. The van der Waals surface area contributed by atoms with Gasteiger partial charge < -0.3 is 25.2 Å². The number of carbonyl (C=O) groups excluding carboxylic acids is 2. The molecule has 2 atom stereocenters. The van der Waals surface area contributed by atoms with Crippen LogP contribution >= 0.6 is 0 Å². The monoisotopic (exact) mass is 556 g/mol. The normalized spacial score (nSPS) is 15.9. The number of carboxylic acid groups (broad SMARTS) is 1. The second-order valence-electron chi connectivity index (χ2n) is 10.8. The number of aliphatic carboxylic acids is 1. The number of Topliss-reactive ketones (excluding diaryl/α,β-unsaturated/α-hetero) is 1. The highest BCUT2D eigenvalue weighted by Gasteiger charge is 2.41. The van der Waals surface area contributed by atoms with Crippen LogP contribution in [0.4, 0.5) is 5.69 Å². The fraction of sp³-hybridized carbons (Fsp3) is 0.364. The maximum absolute atomic E-state index is 12.5. The van der Waals surface area contributed by atoms with E-state index in [0.717, 1.165) is 44.2 Å². The first-order valence-corrected chi connectivity index (χ1v) is 14.3. The summed E-state index contributed by atoms with van der Waals surface area (Å²) in [5, 5.41) is 16.4. The molecule has 0 radical (unpaired) electrons. The highest BCUT2D eigenvalue weighted by atomic mass is 16.5. The van der Waals surface area contributed by atoms with E-state index in [1.807, 2.05) is 30.3 Å². The Hall–Kier alpha value is -4.17. The molecule has 0 aromatic heterocycles. The molecule has 214 valence electrons. The number of ketones is 1. The van der Waals surface area contributed by atoms with Gasteiger partial charge in [0.15, 0.2) is 11.5 Å². The Labute approximate surface area is 240 Å². The van der Waals surface area contributed by atoms with Crippen LogP contribution in [0.1, 0.15) is 48.0 Å². The van der Waals surface area contributed by atoms with E-state index in [0.29, 0.717) is 35.3 Å². The van der Waals surface area contributed by atoms with Crippen molar-refractivity contribution in [3.63, 3.8) is 0 Å². The predicted octanol–water partition coefficient (Wildman–Crippen LogP) is 5.13. The zero-order valence-electron chi connectivity index (χ0n) is 23.0. The van der Waals surface area contributed by atoms with Crippen molar-refractivity contribution < 1.29 is 29.0 Å². The lowest BCUT2D eigenvalue weighted by molar-refractivity contribution is -0.137. The van der Waals surface area contributed by atoms with Crippen molar-refractivity contribution in [2.24, 2.45) is 11.8 Å². The van der Waals surface area contributed by atoms with E-state index >= 15 is 0 Å². The first kappa shape index (κ1) is 28.4. The van der Waals surface area contributed by atoms with Gasteiger partial charge in [-0.1, -0.05) is 42.5 Å². The molecule has 3 aromatic carbocycles. The molecule has 0 aliphatic heterocycles. The topological polar surface area (TPSA) is 114 Å². The molecule has 0 spiro atoms. The smallest absolute Gasteiger partial charge is 0.343 e. The van der Waals surface area contributed by atoms with Crippen LogP contribution in [0.2, 0.25) is 0 Å². The fourth-order valence-corrected chi connectivity index (χ4v) is 4.82. The molecule has 0 heterocycles. The molecule has 2 aliphatic rings. The standard InChI is InChI=1S/C33H36N2O6/c36-31(24-15-16-24)30(23-13-14-23)34-19-6-20-40-26-17-11-22(12-18-26)21-28(32(37)38)35-27-9-4-5-10-29(27)41-33(39)25-7-2-1-3-8-25/h1-5,7-12,17-18,23-24,28,30,34-35H,6,13-16,19-21H2,(H,37,38). The first-order chi connectivity index (χ1) is 20.0. The molecule has 5 rings (SSSR count). The molecule has 8 nitrogen and oxygen atoms in total. The lowest BCUT2D eigenvalue weighted by atomic mass is 10.0. The summed E-state index contributed by atoms with van der Waals surface area (Å²) in [5.74, 6) is 0.615. The number of hydrogen-bond acceptors (Lipinski definition) is 7. The molecule has 3 aromatic rings. The summed E-state index contributed by atoms with van der Waals surface area (Å²) in [6.07, 6.45) is 5.39. The third-order valence-electron chi connectivity index (χ3n) is 7.42. The van der Waals surface area contributed by atoms with Crippen LogP contribution in [0, 0.1) is 11.8 Å². The van der Waals surface area contributed by atoms with Crippen molar-refractivity contribution in [2.75, 3.05) is 18.5 Å². The average molecular weight is 557 g/mol. The molecule has 2 fully saturated rings. The fourth-order valence-electron chi connectivity index (χ4n) is 4.82. The minimum atomic E-state index is -1.02. The quantitative estimate of drug-likeness (QED) is 0.126. The third-order valence-corrected chi connectivity index (χ3v) is 7.42. The van der Waals surface area contributed by atoms with Crippen LogP contribution in [0.5, 0.6) is 11.5 Å². The number of para-hydroxylation sites is 2. The lowest BCUT2D eigenvalue weighted by Crippen LogP contribution is -2.40. The van der Waals surface area contributed by atoms with Crippen molar-refractivity contribution in [3.05, 3.63) is 90.0 Å². The molecular weight excluding hydrogens is 520 g/mol. The third kappa shape index (κ3) is 8.17. The maximum atomic E-state index is 12.5. The molecule has 0 bridgehead atoms. The van der Waals surface area contributed by atoms with E-state index in [9.17, 15) is 19.5 Å². The Morgan fingerprint density at radius 2 is 1.59 bits per heavy atom. The summed E-state index contributed by atoms with van der Waals surface area (Å²) in [7, 11) is 0. The number of benzene rings is 3. The van der Waals surface area contributed by atoms with Gasteiger partial charge in [0.1, 0.15) is 11.8 Å². The highest BCUT2D eigenvalue weighted by molar-refractivity contribution is 5.92. The number of rotatable bonds is 16. The summed E-state index contributed by atoms with van der Waals surface area (Å²) in [4.78, 5) is 37.1. The van der Waals surface area contributed by atoms with Gasteiger partial charge in [0.05, 0.1) is 23.9 Å². The Morgan fingerprint density at radius 1 is 0.878 bits per heavy atom. The number of anilines is 1. The van der Waals surface area contributed by atoms with Crippen molar-refractivity contribution in [2.45, 2.75) is 50.6 Å². The zero-order valence-corrected chi connectivity index (χ0v) is 23.0. The minimum Gasteiger partial charge on any atom is -0.494 e. The molecule has 3 N–H and O–H groups in total. The largest absolute Gasteiger partial charge is 0.494 e. The van der Waals surface area contributed by atoms with Gasteiger partial charge >= 0.3 is 11.9 Å². The minimum absolute atomic E-state index is 0.0143. The van der Waals surface area contributed by atoms with Gasteiger partial charge in [-0.15, -0.1) is 0 Å². The van der Waals surface area contributed by atoms with E-state index in [2.05, 4.69) is 10.6 Å². The van der Waals surface area contributed by atoms with E-state index in [-0.39, 0.29) is 24.1 Å². The van der Waals surface area contributed by atoms with Crippen LogP contribution in [0.25, 0.3) is 0 Å². The second kappa shape index (κ2) is 13.5. The van der Waals surface area contributed by atoms with Gasteiger partial charge in [0, 0.05) is 12.3 Å². The van der Waals surface area contributed by atoms with Gasteiger partial charge in [0.25, 0.3) is 0 Å². The van der Waals surface area contributed by atoms with Crippen molar-refractivity contribution in [3.8, 4) is 11.5 Å². The van der Waals surface area contributed by atoms with Crippen LogP contribution < -0.4 is 20.1 Å². The van der Waals surface area contributed by atoms with Crippen molar-refractivity contribution >= 4 is 23.4 Å². The van der Waals surface area contributed by atoms with E-state index in [4.69, 9.17) is 9.47 Å². The predicted molar refractivity (Wildman–Crippen MR) is 155 cm³/mol. The lowest BCUT2D eigenvalue weighted by Gasteiger charge is -2.18. The van der Waals surface area contributed by atoms with Crippen molar-refractivity contribution in [1.29, 1.82) is 0 Å². The summed E-state index contributed by atoms with van der Waals surface area (Å²) in [5.41, 5.74) is 1.64. The number of hydrogen-bond donors (Lipinski definition) is 3. The Bertz CT molecular complexity index is 1340. The van der Waals surface area contributed by atoms with Crippen LogP contribution in [0.3, 0.4) is 0 Å². The van der Waals surface area contributed by atoms with Gasteiger partial charge in [-0.3, -0.25) is 4.79 Å². The van der Waals surface area contributed by atoms with Gasteiger partial charge in [-0.2, -0.15) is 0 Å². The Balaban J connectivity index is 1.10. The Morgan fingerprint density at radius 3 is 2.27 bits per heavy atom. The first-order valence-electron chi connectivity index (χ1n) is 14.3. The van der Waals surface area contributed by atoms with Gasteiger partial charge in [-0.25, -0.2) is 9.59 Å². The van der Waals surface area contributed by atoms with E-state index in [1.54, 1.807) is 48.5 Å². The molecule has 0 amide bonds. The number of ether oxygens (including phenoxy) is 2. The van der Waals surface area contributed by atoms with Crippen molar-refractivity contribution in [1.82, 2.24) is 5.32 Å². The average Bonchev–Trinajstić information content (AvgIpc) is 3.91. The van der Waals surface area contributed by atoms with Crippen LogP contribution in [0.15, 0.2) is 78.9 Å². The summed E-state index contributed by atoms with van der Waals surface area (Å²) in [6.45, 7) is 1.27. The number of carbonyl (C=O) groups is 3. The molecule has 2 saturated carbocycles. The molecule has 41 heavy (non-hydrogen) atoms. The Kier molecular flexibility index (Phi) is 9.31. The van der Waals surface area contributed by atoms with Crippen LogP contribution in [-0.4, -0.2) is 48.1 Å². The zero-order chi connectivity index (χ0) is 28.6. The summed E-state index contributed by atoms with van der Waals surface area (Å²) >= 11 is 0. The van der Waals surface area contributed by atoms with E-state index in [1.165, 1.54) is 0 Å². The number of carboxylic acids is 1. The number of esters is 1. The molecule has 8 heteroatoms. The van der Waals surface area contributed by atoms with Gasteiger partial charge in [0.2, 0.25) is 0 Å². The summed E-state index contributed by atoms with van der Waals surface area (Å²) < 4.78 is 11.4. The van der Waals surface area contributed by atoms with Crippen LogP contribution in [-0.2, 0) is 16.0 Å². The van der Waals surface area contributed by atoms with Gasteiger partial charge in [-0.05, 0) is 86.5 Å².